The Kier molecular flexibility index (Phi) is 5.90. The summed E-state index contributed by atoms with van der Waals surface area (Å²) in [7, 11) is 1.30. The van der Waals surface area contributed by atoms with Crippen LogP contribution in [-0.4, -0.2) is 31.0 Å². The van der Waals surface area contributed by atoms with Crippen molar-refractivity contribution in [3.8, 4) is 5.75 Å². The zero-order valence-corrected chi connectivity index (χ0v) is 14.1. The lowest BCUT2D eigenvalue weighted by Crippen LogP contribution is -2.30. The van der Waals surface area contributed by atoms with Crippen LogP contribution in [0.2, 0.25) is 0 Å². The van der Waals surface area contributed by atoms with E-state index in [-0.39, 0.29) is 11.3 Å². The van der Waals surface area contributed by atoms with Gasteiger partial charge in [-0.3, -0.25) is 9.59 Å². The first-order valence-corrected chi connectivity index (χ1v) is 7.57. The Labute approximate surface area is 148 Å². The van der Waals surface area contributed by atoms with E-state index in [1.165, 1.54) is 50.4 Å². The molecule has 0 bridgehead atoms. The Hall–Kier alpha value is -3.42. The van der Waals surface area contributed by atoms with Gasteiger partial charge < -0.3 is 20.5 Å². The van der Waals surface area contributed by atoms with Crippen LogP contribution in [0.5, 0.6) is 5.75 Å². The second kappa shape index (κ2) is 8.11. The highest BCUT2D eigenvalue weighted by atomic mass is 19.1. The molecule has 2 aromatic carbocycles. The molecule has 0 saturated carbocycles. The summed E-state index contributed by atoms with van der Waals surface area (Å²) in [6.07, 6.45) is -1.12. The van der Waals surface area contributed by atoms with Gasteiger partial charge in [0.05, 0.1) is 12.7 Å². The third-order valence-electron chi connectivity index (χ3n) is 3.48. The first-order valence-electron chi connectivity index (χ1n) is 7.57. The molecule has 8 heteroatoms. The number of halogens is 1. The van der Waals surface area contributed by atoms with Crippen molar-refractivity contribution in [2.24, 2.45) is 5.73 Å². The van der Waals surface area contributed by atoms with E-state index < -0.39 is 29.7 Å². The van der Waals surface area contributed by atoms with Crippen LogP contribution >= 0.6 is 0 Å². The van der Waals surface area contributed by atoms with Gasteiger partial charge in [-0.25, -0.2) is 9.18 Å². The second-order valence-corrected chi connectivity index (χ2v) is 5.33. The zero-order valence-electron chi connectivity index (χ0n) is 14.1. The summed E-state index contributed by atoms with van der Waals surface area (Å²) < 4.78 is 23.4. The maximum Gasteiger partial charge on any atom is 0.339 e. The minimum Gasteiger partial charge on any atom is -0.494 e. The molecule has 0 fully saturated rings. The highest BCUT2D eigenvalue weighted by molar-refractivity contribution is 5.98. The monoisotopic (exact) mass is 360 g/mol. The number of primary amides is 1. The van der Waals surface area contributed by atoms with Gasteiger partial charge in [0.25, 0.3) is 5.91 Å². The molecule has 1 atom stereocenters. The van der Waals surface area contributed by atoms with Gasteiger partial charge in [0.2, 0.25) is 5.91 Å². The molecule has 0 aliphatic heterocycles. The number of carbonyl (C=O) groups excluding carboxylic acids is 3. The molecular weight excluding hydrogens is 343 g/mol. The molecule has 0 aliphatic carbocycles. The molecule has 2 aromatic rings. The fourth-order valence-corrected chi connectivity index (χ4v) is 2.04. The molecule has 2 amide bonds. The maximum atomic E-state index is 13.6. The second-order valence-electron chi connectivity index (χ2n) is 5.33. The van der Waals surface area contributed by atoms with Crippen molar-refractivity contribution >= 4 is 23.5 Å². The summed E-state index contributed by atoms with van der Waals surface area (Å²) >= 11 is 0. The highest BCUT2D eigenvalue weighted by Crippen LogP contribution is 2.18. The molecule has 3 N–H and O–H groups in total. The number of ether oxygens (including phenoxy) is 2. The van der Waals surface area contributed by atoms with Crippen LogP contribution in [-0.2, 0) is 9.53 Å². The third-order valence-corrected chi connectivity index (χ3v) is 3.48. The minimum atomic E-state index is -1.12. The van der Waals surface area contributed by atoms with Crippen LogP contribution in [0.4, 0.5) is 10.1 Å². The topological polar surface area (TPSA) is 108 Å². The lowest BCUT2D eigenvalue weighted by molar-refractivity contribution is -0.123. The van der Waals surface area contributed by atoms with Gasteiger partial charge in [-0.15, -0.1) is 0 Å². The van der Waals surface area contributed by atoms with Crippen molar-refractivity contribution in [2.75, 3.05) is 12.4 Å². The number of benzene rings is 2. The van der Waals surface area contributed by atoms with Crippen LogP contribution in [0.15, 0.2) is 42.5 Å². The molecule has 2 rings (SSSR count). The van der Waals surface area contributed by atoms with Crippen LogP contribution < -0.4 is 15.8 Å². The molecule has 0 radical (unpaired) electrons. The summed E-state index contributed by atoms with van der Waals surface area (Å²) in [5, 5.41) is 2.53. The SMILES string of the molecule is COc1ccc(C(=O)O[C@@H](C)C(=O)Nc2ccc(C(N)=O)cc2)cc1F. The molecule has 0 saturated heterocycles. The average Bonchev–Trinajstić information content (AvgIpc) is 2.61. The molecule has 26 heavy (non-hydrogen) atoms. The standard InChI is InChI=1S/C18H17FN2O5/c1-10(17(23)21-13-6-3-11(4-7-13)16(20)22)26-18(24)12-5-8-15(25-2)14(19)9-12/h3-10H,1-2H3,(H2,20,22)(H,21,23)/t10-/m0/s1. The Morgan fingerprint density at radius 2 is 1.69 bits per heavy atom. The van der Waals surface area contributed by atoms with Gasteiger partial charge in [0.1, 0.15) is 0 Å². The van der Waals surface area contributed by atoms with E-state index in [4.69, 9.17) is 15.2 Å². The van der Waals surface area contributed by atoms with Crippen molar-refractivity contribution in [1.29, 1.82) is 0 Å². The van der Waals surface area contributed by atoms with Crippen LogP contribution in [0, 0.1) is 5.82 Å². The molecule has 0 unspecified atom stereocenters. The van der Waals surface area contributed by atoms with Gasteiger partial charge in [-0.05, 0) is 49.4 Å². The summed E-state index contributed by atoms with van der Waals surface area (Å²) in [6, 6.07) is 9.48. The first-order chi connectivity index (χ1) is 12.3. The summed E-state index contributed by atoms with van der Waals surface area (Å²) in [4.78, 5) is 35.1. The molecule has 0 aliphatic rings. The Morgan fingerprint density at radius 1 is 1.08 bits per heavy atom. The lowest BCUT2D eigenvalue weighted by Gasteiger charge is -2.14. The van der Waals surface area contributed by atoms with Gasteiger partial charge in [-0.1, -0.05) is 0 Å². The van der Waals surface area contributed by atoms with Crippen molar-refractivity contribution in [3.63, 3.8) is 0 Å². The molecule has 0 spiro atoms. The largest absolute Gasteiger partial charge is 0.494 e. The predicted molar refractivity (Wildman–Crippen MR) is 91.4 cm³/mol. The molecule has 136 valence electrons. The molecule has 0 aromatic heterocycles. The average molecular weight is 360 g/mol. The highest BCUT2D eigenvalue weighted by Gasteiger charge is 2.20. The van der Waals surface area contributed by atoms with Crippen molar-refractivity contribution in [1.82, 2.24) is 0 Å². The normalized spacial score (nSPS) is 11.3. The number of anilines is 1. The Bertz CT molecular complexity index is 836. The number of hydrogen-bond donors (Lipinski definition) is 2. The molecular formula is C18H17FN2O5. The van der Waals surface area contributed by atoms with Gasteiger partial charge in [-0.2, -0.15) is 0 Å². The number of methoxy groups -OCH3 is 1. The smallest absolute Gasteiger partial charge is 0.339 e. The summed E-state index contributed by atoms with van der Waals surface area (Å²) in [6.45, 7) is 1.38. The van der Waals surface area contributed by atoms with E-state index in [0.717, 1.165) is 6.07 Å². The van der Waals surface area contributed by atoms with Crippen LogP contribution in [0.1, 0.15) is 27.6 Å². The number of rotatable bonds is 6. The number of nitrogens with two attached hydrogens (primary N) is 1. The lowest BCUT2D eigenvalue weighted by atomic mass is 10.2. The number of nitrogens with one attached hydrogen (secondary N) is 1. The van der Waals surface area contributed by atoms with Crippen LogP contribution in [0.25, 0.3) is 0 Å². The van der Waals surface area contributed by atoms with E-state index in [0.29, 0.717) is 11.3 Å². The minimum absolute atomic E-state index is 0.00764. The zero-order chi connectivity index (χ0) is 19.3. The van der Waals surface area contributed by atoms with E-state index in [2.05, 4.69) is 5.32 Å². The fraction of sp³-hybridized carbons (Fsp3) is 0.167. The maximum absolute atomic E-state index is 13.6. The quantitative estimate of drug-likeness (QED) is 0.767. The number of esters is 1. The molecule has 7 nitrogen and oxygen atoms in total. The van der Waals surface area contributed by atoms with Crippen molar-refractivity contribution < 1.29 is 28.2 Å². The molecule has 0 heterocycles. The first kappa shape index (κ1) is 18.9. The number of hydrogen-bond acceptors (Lipinski definition) is 5. The van der Waals surface area contributed by atoms with Crippen molar-refractivity contribution in [2.45, 2.75) is 13.0 Å². The van der Waals surface area contributed by atoms with Crippen LogP contribution in [0.3, 0.4) is 0 Å². The summed E-state index contributed by atoms with van der Waals surface area (Å²) in [5.41, 5.74) is 5.78. The number of carbonyl (C=O) groups is 3. The predicted octanol–water partition coefficient (Wildman–Crippen LogP) is 2.12. The van der Waals surface area contributed by atoms with Crippen molar-refractivity contribution in [3.05, 3.63) is 59.4 Å². The summed E-state index contributed by atoms with van der Waals surface area (Å²) in [5.74, 6) is -2.74. The van der Waals surface area contributed by atoms with E-state index in [1.807, 2.05) is 0 Å². The van der Waals surface area contributed by atoms with Gasteiger partial charge in [0, 0.05) is 11.3 Å². The number of amides is 2. The fourth-order valence-electron chi connectivity index (χ4n) is 2.04. The van der Waals surface area contributed by atoms with Gasteiger partial charge >= 0.3 is 5.97 Å². The van der Waals surface area contributed by atoms with E-state index in [9.17, 15) is 18.8 Å². The van der Waals surface area contributed by atoms with Gasteiger partial charge in [0.15, 0.2) is 17.7 Å². The third kappa shape index (κ3) is 4.56. The Morgan fingerprint density at radius 3 is 2.23 bits per heavy atom. The Balaban J connectivity index is 1.98. The van der Waals surface area contributed by atoms with E-state index in [1.54, 1.807) is 0 Å². The van der Waals surface area contributed by atoms with E-state index >= 15 is 0 Å².